The van der Waals surface area contributed by atoms with Gasteiger partial charge in [0.05, 0.1) is 24.6 Å². The van der Waals surface area contributed by atoms with E-state index in [2.05, 4.69) is 26.9 Å². The van der Waals surface area contributed by atoms with Gasteiger partial charge in [-0.05, 0) is 87.2 Å². The molecule has 5 atom stereocenters. The first-order chi connectivity index (χ1) is 26.2. The van der Waals surface area contributed by atoms with E-state index in [1.807, 2.05) is 30.3 Å². The lowest BCUT2D eigenvalue weighted by atomic mass is 9.85. The quantitative estimate of drug-likeness (QED) is 0.222. The predicted molar refractivity (Wildman–Crippen MR) is 208 cm³/mol. The van der Waals surface area contributed by atoms with E-state index in [-0.39, 0.29) is 25.3 Å². The molecule has 3 aliphatic rings. The van der Waals surface area contributed by atoms with Gasteiger partial charge < -0.3 is 29.7 Å². The maximum absolute atomic E-state index is 14.6. The molecule has 0 spiro atoms. The SMILES string of the molecule is C=CC1C[C@]1(NC(=O)[C@@H]1C[C@@H](Oc2nc(-c3ccncc3)cc3cc(OC)ccc23)CN1C(=O)[C@@H](NC(=O)OC(C)(C)C)C(C)(C)C)C(=O)NS(=O)(=O)C1CC1. The topological polar surface area (TPSA) is 195 Å². The van der Waals surface area contributed by atoms with Crippen molar-refractivity contribution in [2.75, 3.05) is 13.7 Å². The van der Waals surface area contributed by atoms with Gasteiger partial charge in [-0.25, -0.2) is 18.2 Å². The molecule has 0 bridgehead atoms. The number of ether oxygens (including phenoxy) is 3. The molecular weight excluding hydrogens is 741 g/mol. The van der Waals surface area contributed by atoms with Crippen molar-refractivity contribution in [2.24, 2.45) is 11.3 Å². The zero-order valence-electron chi connectivity index (χ0n) is 32.7. The van der Waals surface area contributed by atoms with Crippen LogP contribution in [0.1, 0.15) is 67.2 Å². The molecule has 1 aliphatic heterocycles. The molecule has 3 N–H and O–H groups in total. The van der Waals surface area contributed by atoms with Gasteiger partial charge in [-0.3, -0.25) is 24.1 Å². The minimum atomic E-state index is -3.92. The van der Waals surface area contributed by atoms with Crippen LogP contribution in [-0.4, -0.2) is 95.3 Å². The fraction of sp³-hybridized carbons (Fsp3) is 0.500. The summed E-state index contributed by atoms with van der Waals surface area (Å²) in [7, 11) is -2.35. The third-order valence-corrected chi connectivity index (χ3v) is 11.9. The van der Waals surface area contributed by atoms with Crippen LogP contribution in [0, 0.1) is 11.3 Å². The lowest BCUT2D eigenvalue weighted by molar-refractivity contribution is -0.143. The van der Waals surface area contributed by atoms with Gasteiger partial charge in [-0.15, -0.1) is 6.58 Å². The van der Waals surface area contributed by atoms with E-state index in [4.69, 9.17) is 19.2 Å². The number of fused-ring (bicyclic) bond motifs is 1. The summed E-state index contributed by atoms with van der Waals surface area (Å²) in [6.45, 7) is 14.1. The van der Waals surface area contributed by atoms with Crippen LogP contribution in [0.3, 0.4) is 0 Å². The minimum absolute atomic E-state index is 0.0173. The highest BCUT2D eigenvalue weighted by Crippen LogP contribution is 2.46. The van der Waals surface area contributed by atoms with E-state index >= 15 is 0 Å². The summed E-state index contributed by atoms with van der Waals surface area (Å²) in [6, 6.07) is 8.64. The molecule has 6 rings (SSSR count). The van der Waals surface area contributed by atoms with E-state index in [0.717, 1.165) is 10.9 Å². The van der Waals surface area contributed by atoms with Crippen molar-refractivity contribution in [3.05, 3.63) is 61.4 Å². The summed E-state index contributed by atoms with van der Waals surface area (Å²) >= 11 is 0. The van der Waals surface area contributed by atoms with Gasteiger partial charge in [0.25, 0.3) is 5.91 Å². The molecule has 3 aromatic rings. The number of aromatic nitrogens is 2. The zero-order chi connectivity index (χ0) is 40.8. The summed E-state index contributed by atoms with van der Waals surface area (Å²) in [5.41, 5.74) is -1.89. The number of sulfonamides is 1. The van der Waals surface area contributed by atoms with E-state index in [9.17, 15) is 27.6 Å². The maximum Gasteiger partial charge on any atom is 0.408 e. The summed E-state index contributed by atoms with van der Waals surface area (Å²) < 4.78 is 45.3. The Morgan fingerprint density at radius 1 is 1.04 bits per heavy atom. The van der Waals surface area contributed by atoms with Gasteiger partial charge in [0.15, 0.2) is 0 Å². The summed E-state index contributed by atoms with van der Waals surface area (Å²) in [5.74, 6) is -1.79. The van der Waals surface area contributed by atoms with Gasteiger partial charge in [-0.2, -0.15) is 0 Å². The second kappa shape index (κ2) is 15.0. The van der Waals surface area contributed by atoms with E-state index in [0.29, 0.717) is 29.7 Å². The lowest BCUT2D eigenvalue weighted by Crippen LogP contribution is -2.60. The fourth-order valence-corrected chi connectivity index (χ4v) is 8.25. The van der Waals surface area contributed by atoms with Crippen LogP contribution in [0.25, 0.3) is 22.0 Å². The molecule has 3 heterocycles. The number of likely N-dealkylation sites (tertiary alicyclic amines) is 1. The molecule has 16 heteroatoms. The molecule has 4 amide bonds. The highest BCUT2D eigenvalue weighted by Gasteiger charge is 2.62. The number of pyridine rings is 2. The van der Waals surface area contributed by atoms with Crippen LogP contribution in [0.2, 0.25) is 0 Å². The van der Waals surface area contributed by atoms with Crippen molar-refractivity contribution in [1.82, 2.24) is 30.2 Å². The second-order valence-electron chi connectivity index (χ2n) is 16.7. The molecule has 56 heavy (non-hydrogen) atoms. The van der Waals surface area contributed by atoms with Crippen LogP contribution in [0.4, 0.5) is 4.79 Å². The number of nitrogens with one attached hydrogen (secondary N) is 3. The Bertz CT molecular complexity index is 2150. The average molecular weight is 791 g/mol. The van der Waals surface area contributed by atoms with Gasteiger partial charge in [0, 0.05) is 35.7 Å². The Balaban J connectivity index is 1.34. The maximum atomic E-state index is 14.6. The number of nitrogens with zero attached hydrogens (tertiary/aromatic N) is 3. The van der Waals surface area contributed by atoms with Crippen LogP contribution in [0.5, 0.6) is 11.6 Å². The van der Waals surface area contributed by atoms with Gasteiger partial charge in [-0.1, -0.05) is 26.8 Å². The second-order valence-corrected chi connectivity index (χ2v) is 18.7. The number of rotatable bonds is 12. The van der Waals surface area contributed by atoms with Crippen LogP contribution < -0.4 is 24.8 Å². The van der Waals surface area contributed by atoms with Crippen molar-refractivity contribution in [3.63, 3.8) is 0 Å². The molecule has 1 aromatic carbocycles. The number of carbonyl (C=O) groups is 4. The molecule has 0 radical (unpaired) electrons. The number of benzene rings is 1. The van der Waals surface area contributed by atoms with Crippen molar-refractivity contribution in [3.8, 4) is 22.9 Å². The normalized spacial score (nSPS) is 22.8. The number of alkyl carbamates (subject to hydrolysis) is 1. The Morgan fingerprint density at radius 2 is 1.73 bits per heavy atom. The molecule has 15 nitrogen and oxygen atoms in total. The third kappa shape index (κ3) is 8.74. The Labute approximate surface area is 327 Å². The molecule has 2 aromatic heterocycles. The summed E-state index contributed by atoms with van der Waals surface area (Å²) in [6.07, 6.45) is 4.21. The molecule has 2 saturated carbocycles. The molecular formula is C40H50N6O9S. The van der Waals surface area contributed by atoms with E-state index < -0.39 is 79.7 Å². The van der Waals surface area contributed by atoms with E-state index in [1.165, 1.54) is 11.0 Å². The first-order valence-electron chi connectivity index (χ1n) is 18.6. The van der Waals surface area contributed by atoms with Crippen LogP contribution in [-0.2, 0) is 29.1 Å². The molecule has 300 valence electrons. The number of carbonyl (C=O) groups excluding carboxylic acids is 4. The fourth-order valence-electron chi connectivity index (χ4n) is 6.88. The Hall–Kier alpha value is -5.25. The lowest BCUT2D eigenvalue weighted by Gasteiger charge is -2.36. The largest absolute Gasteiger partial charge is 0.497 e. The van der Waals surface area contributed by atoms with Crippen molar-refractivity contribution < 1.29 is 41.8 Å². The number of amides is 4. The Morgan fingerprint density at radius 3 is 2.32 bits per heavy atom. The van der Waals surface area contributed by atoms with Gasteiger partial charge in [0.1, 0.15) is 35.1 Å². The first-order valence-corrected chi connectivity index (χ1v) is 20.2. The first kappa shape index (κ1) is 40.4. The van der Waals surface area contributed by atoms with E-state index in [1.54, 1.807) is 67.1 Å². The highest BCUT2D eigenvalue weighted by atomic mass is 32.2. The number of hydrogen-bond acceptors (Lipinski definition) is 11. The number of hydrogen-bond donors (Lipinski definition) is 3. The highest BCUT2D eigenvalue weighted by molar-refractivity contribution is 7.91. The van der Waals surface area contributed by atoms with Crippen LogP contribution in [0.15, 0.2) is 61.4 Å². The molecule has 2 aliphatic carbocycles. The molecule has 3 fully saturated rings. The monoisotopic (exact) mass is 790 g/mol. The van der Waals surface area contributed by atoms with Gasteiger partial charge in [0.2, 0.25) is 27.7 Å². The standard InChI is InChI=1S/C40H50N6O9S/c1-9-25-21-40(25,36(49)45-56(51,52)28-11-12-28)44-33(47)31-20-27(22-46(31)35(48)32(38(2,3)4)43-37(50)55-39(5,6)7)54-34-29-13-10-26(53-8)18-24(29)19-30(42-34)23-14-16-41-17-15-23/h9-10,13-19,25,27-28,31-32H,1,11-12,20-22H2,2-8H3,(H,43,50)(H,44,47)(H,45,49)/t25?,27-,31+,32-,40-/m1/s1. The van der Waals surface area contributed by atoms with Crippen molar-refractivity contribution in [2.45, 2.75) is 102 Å². The van der Waals surface area contributed by atoms with Crippen molar-refractivity contribution in [1.29, 1.82) is 0 Å². The molecule has 1 saturated heterocycles. The molecule has 1 unspecified atom stereocenters. The zero-order valence-corrected chi connectivity index (χ0v) is 33.6. The summed E-state index contributed by atoms with van der Waals surface area (Å²) in [4.78, 5) is 66.0. The van der Waals surface area contributed by atoms with Crippen molar-refractivity contribution >= 4 is 44.6 Å². The Kier molecular flexibility index (Phi) is 10.8. The third-order valence-electron chi connectivity index (χ3n) is 10.1. The minimum Gasteiger partial charge on any atom is -0.497 e. The van der Waals surface area contributed by atoms with Gasteiger partial charge >= 0.3 is 6.09 Å². The smallest absolute Gasteiger partial charge is 0.408 e. The van der Waals surface area contributed by atoms with Crippen LogP contribution >= 0.6 is 0 Å². The average Bonchev–Trinajstić information content (AvgIpc) is 4.06. The summed E-state index contributed by atoms with van der Waals surface area (Å²) in [5, 5.41) is 6.29. The number of methoxy groups -OCH3 is 1. The predicted octanol–water partition coefficient (Wildman–Crippen LogP) is 4.26.